The summed E-state index contributed by atoms with van der Waals surface area (Å²) in [4.78, 5) is 27.5. The Labute approximate surface area is 150 Å². The number of ether oxygens (including phenoxy) is 1. The molecule has 3 aliphatic rings. The van der Waals surface area contributed by atoms with Gasteiger partial charge in [0.1, 0.15) is 11.6 Å². The summed E-state index contributed by atoms with van der Waals surface area (Å²) in [5.41, 5.74) is 0.728. The van der Waals surface area contributed by atoms with E-state index in [1.54, 1.807) is 6.07 Å². The first kappa shape index (κ1) is 15.2. The summed E-state index contributed by atoms with van der Waals surface area (Å²) in [5.74, 6) is -0.322. The van der Waals surface area contributed by atoms with Crippen molar-refractivity contribution in [2.45, 2.75) is 6.42 Å². The second-order valence-corrected chi connectivity index (χ2v) is 7.15. The maximum Gasteiger partial charge on any atom is 0.238 e. The van der Waals surface area contributed by atoms with Gasteiger partial charge in [-0.3, -0.25) is 9.59 Å². The predicted molar refractivity (Wildman–Crippen MR) is 95.4 cm³/mol. The van der Waals surface area contributed by atoms with Crippen molar-refractivity contribution in [2.24, 2.45) is 23.7 Å². The standard InChI is InChI=1S/C21H16N2O3/c1-26-19-15(10-22)14-5-3-2-4-11(14)9-16(19)23-20(24)17-12-6-7-13(8-12)18(17)21(23)25/h2-7,9,12-13,17-18H,8H2,1H3. The van der Waals surface area contributed by atoms with Crippen molar-refractivity contribution in [3.63, 3.8) is 0 Å². The van der Waals surface area contributed by atoms with Crippen LogP contribution in [-0.2, 0) is 9.59 Å². The highest BCUT2D eigenvalue weighted by molar-refractivity contribution is 6.24. The second kappa shape index (κ2) is 5.18. The Balaban J connectivity index is 1.72. The van der Waals surface area contributed by atoms with Gasteiger partial charge in [0, 0.05) is 5.39 Å². The van der Waals surface area contributed by atoms with Gasteiger partial charge in [-0.05, 0) is 29.7 Å². The fourth-order valence-corrected chi connectivity index (χ4v) is 4.94. The van der Waals surface area contributed by atoms with Gasteiger partial charge in [0.2, 0.25) is 11.8 Å². The van der Waals surface area contributed by atoms with Gasteiger partial charge in [0.15, 0.2) is 5.75 Å². The molecule has 2 aliphatic carbocycles. The molecular weight excluding hydrogens is 328 g/mol. The molecule has 1 heterocycles. The molecule has 4 atom stereocenters. The van der Waals surface area contributed by atoms with Crippen molar-refractivity contribution in [3.05, 3.63) is 48.0 Å². The van der Waals surface area contributed by atoms with E-state index in [0.717, 1.165) is 17.2 Å². The van der Waals surface area contributed by atoms with Gasteiger partial charge >= 0.3 is 0 Å². The molecule has 1 saturated carbocycles. The Morgan fingerprint density at radius 3 is 2.38 bits per heavy atom. The maximum atomic E-state index is 13.1. The third kappa shape index (κ3) is 1.74. The van der Waals surface area contributed by atoms with Gasteiger partial charge in [-0.1, -0.05) is 36.4 Å². The summed E-state index contributed by atoms with van der Waals surface area (Å²) in [5, 5.41) is 11.2. The first-order chi connectivity index (χ1) is 12.7. The molecule has 2 amide bonds. The van der Waals surface area contributed by atoms with Crippen LogP contribution < -0.4 is 9.64 Å². The summed E-state index contributed by atoms with van der Waals surface area (Å²) in [7, 11) is 1.46. The van der Waals surface area contributed by atoms with Crippen LogP contribution in [0.3, 0.4) is 0 Å². The Hall–Kier alpha value is -3.13. The number of carbonyl (C=O) groups is 2. The van der Waals surface area contributed by atoms with Crippen LogP contribution in [0, 0.1) is 35.0 Å². The number of benzene rings is 2. The Morgan fingerprint density at radius 1 is 1.12 bits per heavy atom. The molecule has 2 fully saturated rings. The average Bonchev–Trinajstić information content (AvgIpc) is 3.34. The van der Waals surface area contributed by atoms with Crippen molar-refractivity contribution in [3.8, 4) is 11.8 Å². The van der Waals surface area contributed by atoms with E-state index in [-0.39, 0.29) is 41.2 Å². The topological polar surface area (TPSA) is 70.4 Å². The van der Waals surface area contributed by atoms with Gasteiger partial charge in [-0.25, -0.2) is 4.90 Å². The molecule has 1 saturated heterocycles. The van der Waals surface area contributed by atoms with Crippen LogP contribution in [0.1, 0.15) is 12.0 Å². The highest BCUT2D eigenvalue weighted by Gasteiger charge is 2.60. The van der Waals surface area contributed by atoms with Crippen LogP contribution in [0.25, 0.3) is 10.8 Å². The van der Waals surface area contributed by atoms with Crippen LogP contribution in [0.4, 0.5) is 5.69 Å². The maximum absolute atomic E-state index is 13.1. The average molecular weight is 344 g/mol. The first-order valence-corrected chi connectivity index (χ1v) is 8.71. The number of rotatable bonds is 2. The second-order valence-electron chi connectivity index (χ2n) is 7.15. The lowest BCUT2D eigenvalue weighted by Gasteiger charge is -2.21. The normalized spacial score (nSPS) is 28.7. The van der Waals surface area contributed by atoms with E-state index in [1.165, 1.54) is 12.0 Å². The van der Waals surface area contributed by atoms with Gasteiger partial charge in [0.25, 0.3) is 0 Å². The van der Waals surface area contributed by atoms with Crippen molar-refractivity contribution in [1.82, 2.24) is 0 Å². The number of imide groups is 1. The smallest absolute Gasteiger partial charge is 0.238 e. The van der Waals surface area contributed by atoms with E-state index in [0.29, 0.717) is 11.3 Å². The third-order valence-corrected chi connectivity index (χ3v) is 6.01. The summed E-state index contributed by atoms with van der Waals surface area (Å²) >= 11 is 0. The van der Waals surface area contributed by atoms with E-state index in [1.807, 2.05) is 24.3 Å². The van der Waals surface area contributed by atoms with Gasteiger partial charge in [0.05, 0.1) is 24.6 Å². The van der Waals surface area contributed by atoms with Crippen LogP contribution in [0.15, 0.2) is 42.5 Å². The summed E-state index contributed by atoms with van der Waals surface area (Å²) < 4.78 is 5.49. The molecule has 2 bridgehead atoms. The zero-order chi connectivity index (χ0) is 18.0. The van der Waals surface area contributed by atoms with E-state index < -0.39 is 0 Å². The molecular formula is C21H16N2O3. The lowest BCUT2D eigenvalue weighted by Crippen LogP contribution is -2.33. The molecule has 5 heteroatoms. The van der Waals surface area contributed by atoms with Gasteiger partial charge in [-0.2, -0.15) is 5.26 Å². The number of methoxy groups -OCH3 is 1. The third-order valence-electron chi connectivity index (χ3n) is 6.01. The lowest BCUT2D eigenvalue weighted by atomic mass is 9.85. The number of anilines is 1. The molecule has 0 aromatic heterocycles. The molecule has 0 spiro atoms. The molecule has 128 valence electrons. The highest BCUT2D eigenvalue weighted by Crippen LogP contribution is 2.54. The van der Waals surface area contributed by atoms with E-state index >= 15 is 0 Å². The highest BCUT2D eigenvalue weighted by atomic mass is 16.5. The quantitative estimate of drug-likeness (QED) is 0.620. The molecule has 1 aliphatic heterocycles. The zero-order valence-electron chi connectivity index (χ0n) is 14.2. The van der Waals surface area contributed by atoms with E-state index in [9.17, 15) is 14.9 Å². The minimum Gasteiger partial charge on any atom is -0.493 e. The number of nitriles is 1. The largest absolute Gasteiger partial charge is 0.493 e. The number of carbonyl (C=O) groups excluding carboxylic acids is 2. The number of fused-ring (bicyclic) bond motifs is 6. The van der Waals surface area contributed by atoms with Gasteiger partial charge < -0.3 is 4.74 Å². The SMILES string of the molecule is COc1c(N2C(=O)C3C4C=CC(C4)C3C2=O)cc2ccccc2c1C#N. The number of allylic oxidation sites excluding steroid dienone is 2. The van der Waals surface area contributed by atoms with Crippen molar-refractivity contribution in [2.75, 3.05) is 12.0 Å². The van der Waals surface area contributed by atoms with Crippen LogP contribution in [0.5, 0.6) is 5.75 Å². The Bertz CT molecular complexity index is 1020. The molecule has 2 aromatic carbocycles. The monoisotopic (exact) mass is 344 g/mol. The predicted octanol–water partition coefficient (Wildman–Crippen LogP) is 3.03. The Morgan fingerprint density at radius 2 is 1.77 bits per heavy atom. The molecule has 0 N–H and O–H groups in total. The van der Waals surface area contributed by atoms with Crippen molar-refractivity contribution >= 4 is 28.3 Å². The lowest BCUT2D eigenvalue weighted by molar-refractivity contribution is -0.123. The number of nitrogens with zero attached hydrogens (tertiary/aromatic N) is 2. The van der Waals surface area contributed by atoms with E-state index in [2.05, 4.69) is 18.2 Å². The van der Waals surface area contributed by atoms with Crippen LogP contribution >= 0.6 is 0 Å². The molecule has 4 unspecified atom stereocenters. The van der Waals surface area contributed by atoms with E-state index in [4.69, 9.17) is 4.74 Å². The summed E-state index contributed by atoms with van der Waals surface area (Å²) in [6.45, 7) is 0. The molecule has 5 rings (SSSR count). The van der Waals surface area contributed by atoms with Crippen molar-refractivity contribution in [1.29, 1.82) is 5.26 Å². The number of hydrogen-bond donors (Lipinski definition) is 0. The number of hydrogen-bond acceptors (Lipinski definition) is 4. The molecule has 26 heavy (non-hydrogen) atoms. The summed E-state index contributed by atoms with van der Waals surface area (Å²) in [6.07, 6.45) is 5.02. The molecule has 5 nitrogen and oxygen atoms in total. The van der Waals surface area contributed by atoms with Crippen LogP contribution in [-0.4, -0.2) is 18.9 Å². The molecule has 0 radical (unpaired) electrons. The molecule has 2 aromatic rings. The number of amides is 2. The zero-order valence-corrected chi connectivity index (χ0v) is 14.2. The minimum absolute atomic E-state index is 0.147. The van der Waals surface area contributed by atoms with Crippen LogP contribution in [0.2, 0.25) is 0 Å². The van der Waals surface area contributed by atoms with Crippen molar-refractivity contribution < 1.29 is 14.3 Å². The fraction of sp³-hybridized carbons (Fsp3) is 0.286. The first-order valence-electron chi connectivity index (χ1n) is 8.71. The minimum atomic E-state index is -0.279. The summed E-state index contributed by atoms with van der Waals surface area (Å²) in [6, 6.07) is 11.4. The Kier molecular flexibility index (Phi) is 3.02. The van der Waals surface area contributed by atoms with Gasteiger partial charge in [-0.15, -0.1) is 0 Å². The fourth-order valence-electron chi connectivity index (χ4n) is 4.94.